The molecule has 2 N–H and O–H groups in total. The molecular weight excluding hydrogens is 296 g/mol. The summed E-state index contributed by atoms with van der Waals surface area (Å²) in [5, 5.41) is 6.03. The zero-order chi connectivity index (χ0) is 14.4. The van der Waals surface area contributed by atoms with E-state index in [0.29, 0.717) is 6.42 Å². The van der Waals surface area contributed by atoms with Crippen molar-refractivity contribution in [1.82, 2.24) is 5.16 Å². The first-order chi connectivity index (χ1) is 9.70. The maximum absolute atomic E-state index is 11.1. The maximum Gasteiger partial charge on any atom is 0.322 e. The number of hydrogen-bond acceptors (Lipinski definition) is 7. The van der Waals surface area contributed by atoms with Gasteiger partial charge in [0.25, 0.3) is 0 Å². The van der Waals surface area contributed by atoms with Crippen molar-refractivity contribution in [3.63, 3.8) is 0 Å². The predicted molar refractivity (Wildman–Crippen MR) is 80.6 cm³/mol. The van der Waals surface area contributed by atoms with E-state index in [1.54, 1.807) is 23.1 Å². The molecular formula is C13H16N2O3S2. The van der Waals surface area contributed by atoms with Crippen molar-refractivity contribution in [3.8, 4) is 10.6 Å². The molecule has 0 aliphatic carbocycles. The Bertz CT molecular complexity index is 540. The second-order valence-corrected chi connectivity index (χ2v) is 6.18. The third kappa shape index (κ3) is 4.09. The van der Waals surface area contributed by atoms with E-state index in [-0.39, 0.29) is 5.97 Å². The summed E-state index contributed by atoms with van der Waals surface area (Å²) in [7, 11) is 1.34. The highest BCUT2D eigenvalue weighted by atomic mass is 32.2. The Morgan fingerprint density at radius 1 is 1.65 bits per heavy atom. The van der Waals surface area contributed by atoms with Crippen LogP contribution in [0.4, 0.5) is 0 Å². The van der Waals surface area contributed by atoms with Gasteiger partial charge in [-0.1, -0.05) is 11.2 Å². The highest BCUT2D eigenvalue weighted by Gasteiger charge is 2.13. The van der Waals surface area contributed by atoms with Gasteiger partial charge in [0, 0.05) is 11.8 Å². The number of rotatable bonds is 7. The summed E-state index contributed by atoms with van der Waals surface area (Å²) in [5.41, 5.74) is 6.55. The third-order valence-electron chi connectivity index (χ3n) is 2.65. The second kappa shape index (κ2) is 7.47. The largest absolute Gasteiger partial charge is 0.468 e. The molecule has 5 nitrogen and oxygen atoms in total. The molecule has 0 aromatic carbocycles. The van der Waals surface area contributed by atoms with Gasteiger partial charge >= 0.3 is 5.97 Å². The predicted octanol–water partition coefficient (Wildman–Crippen LogP) is 2.53. The number of carbonyl (C=O) groups is 1. The van der Waals surface area contributed by atoms with Gasteiger partial charge in [0.1, 0.15) is 6.04 Å². The maximum atomic E-state index is 11.1. The molecule has 0 spiro atoms. The van der Waals surface area contributed by atoms with Gasteiger partial charge in [-0.2, -0.15) is 11.8 Å². The van der Waals surface area contributed by atoms with Crippen LogP contribution in [0.3, 0.4) is 0 Å². The molecule has 0 saturated heterocycles. The summed E-state index contributed by atoms with van der Waals surface area (Å²) < 4.78 is 9.86. The number of carbonyl (C=O) groups excluding carboxylic acids is 1. The van der Waals surface area contributed by atoms with Crippen molar-refractivity contribution in [2.45, 2.75) is 18.2 Å². The van der Waals surface area contributed by atoms with Crippen molar-refractivity contribution in [1.29, 1.82) is 0 Å². The molecule has 0 fully saturated rings. The van der Waals surface area contributed by atoms with Gasteiger partial charge < -0.3 is 15.0 Å². The van der Waals surface area contributed by atoms with Crippen LogP contribution in [-0.4, -0.2) is 30.0 Å². The SMILES string of the molecule is COC(=O)C(N)CCSCc1cc(-c2cccs2)on1. The monoisotopic (exact) mass is 312 g/mol. The van der Waals surface area contributed by atoms with E-state index in [9.17, 15) is 4.79 Å². The lowest BCUT2D eigenvalue weighted by atomic mass is 10.2. The third-order valence-corrected chi connectivity index (χ3v) is 4.56. The molecule has 7 heteroatoms. The van der Waals surface area contributed by atoms with Crippen LogP contribution in [0.5, 0.6) is 0 Å². The van der Waals surface area contributed by atoms with Gasteiger partial charge in [-0.3, -0.25) is 4.79 Å². The summed E-state index contributed by atoms with van der Waals surface area (Å²) in [5.74, 6) is 1.94. The van der Waals surface area contributed by atoms with Crippen molar-refractivity contribution < 1.29 is 14.1 Å². The number of nitrogens with zero attached hydrogens (tertiary/aromatic N) is 1. The molecule has 0 amide bonds. The number of thioether (sulfide) groups is 1. The number of thiophene rings is 1. The highest BCUT2D eigenvalue weighted by molar-refractivity contribution is 7.98. The lowest BCUT2D eigenvalue weighted by Gasteiger charge is -2.07. The van der Waals surface area contributed by atoms with Gasteiger partial charge in [0.05, 0.1) is 17.7 Å². The average molecular weight is 312 g/mol. The number of ether oxygens (including phenoxy) is 1. The Balaban J connectivity index is 1.74. The molecule has 2 heterocycles. The molecule has 0 saturated carbocycles. The van der Waals surface area contributed by atoms with E-state index in [2.05, 4.69) is 9.89 Å². The molecule has 0 aliphatic rings. The number of hydrogen-bond donors (Lipinski definition) is 1. The lowest BCUT2D eigenvalue weighted by molar-refractivity contribution is -0.142. The Labute approximate surface area is 125 Å². The number of methoxy groups -OCH3 is 1. The first-order valence-electron chi connectivity index (χ1n) is 6.11. The van der Waals surface area contributed by atoms with Gasteiger partial charge in [-0.05, 0) is 23.6 Å². The Morgan fingerprint density at radius 3 is 3.20 bits per heavy atom. The van der Waals surface area contributed by atoms with E-state index in [0.717, 1.165) is 27.8 Å². The average Bonchev–Trinajstić information content (AvgIpc) is 3.12. The summed E-state index contributed by atoms with van der Waals surface area (Å²) in [6, 6.07) is 5.37. The van der Waals surface area contributed by atoms with Gasteiger partial charge in [-0.15, -0.1) is 11.3 Å². The molecule has 20 heavy (non-hydrogen) atoms. The van der Waals surface area contributed by atoms with E-state index in [1.807, 2.05) is 23.6 Å². The van der Waals surface area contributed by atoms with Crippen LogP contribution in [0.2, 0.25) is 0 Å². The Morgan fingerprint density at radius 2 is 2.50 bits per heavy atom. The first-order valence-corrected chi connectivity index (χ1v) is 8.14. The van der Waals surface area contributed by atoms with Gasteiger partial charge in [-0.25, -0.2) is 0 Å². The minimum Gasteiger partial charge on any atom is -0.468 e. The van der Waals surface area contributed by atoms with E-state index in [4.69, 9.17) is 10.3 Å². The highest BCUT2D eigenvalue weighted by Crippen LogP contribution is 2.26. The molecule has 1 atom stereocenters. The van der Waals surface area contributed by atoms with Crippen molar-refractivity contribution in [3.05, 3.63) is 29.3 Å². The number of esters is 1. The lowest BCUT2D eigenvalue weighted by Crippen LogP contribution is -2.31. The summed E-state index contributed by atoms with van der Waals surface area (Å²) in [6.45, 7) is 0. The molecule has 1 unspecified atom stereocenters. The van der Waals surface area contributed by atoms with E-state index in [1.165, 1.54) is 7.11 Å². The second-order valence-electron chi connectivity index (χ2n) is 4.13. The van der Waals surface area contributed by atoms with Crippen LogP contribution in [0.25, 0.3) is 10.6 Å². The number of aromatic nitrogens is 1. The van der Waals surface area contributed by atoms with Crippen molar-refractivity contribution in [2.75, 3.05) is 12.9 Å². The minimum atomic E-state index is -0.550. The number of nitrogens with two attached hydrogens (primary N) is 1. The van der Waals surface area contributed by atoms with Crippen LogP contribution in [0.1, 0.15) is 12.1 Å². The van der Waals surface area contributed by atoms with Crippen LogP contribution in [0, 0.1) is 0 Å². The Hall–Kier alpha value is -1.31. The van der Waals surface area contributed by atoms with Crippen molar-refractivity contribution >= 4 is 29.1 Å². The van der Waals surface area contributed by atoms with E-state index < -0.39 is 6.04 Å². The summed E-state index contributed by atoms with van der Waals surface area (Å²) >= 11 is 3.29. The van der Waals surface area contributed by atoms with Gasteiger partial charge in [0.2, 0.25) is 0 Å². The minimum absolute atomic E-state index is 0.369. The van der Waals surface area contributed by atoms with Crippen LogP contribution in [0.15, 0.2) is 28.1 Å². The van der Waals surface area contributed by atoms with Gasteiger partial charge in [0.15, 0.2) is 5.76 Å². The quantitative estimate of drug-likeness (QED) is 0.625. The molecule has 0 aliphatic heterocycles. The zero-order valence-corrected chi connectivity index (χ0v) is 12.7. The fourth-order valence-corrected chi connectivity index (χ4v) is 3.15. The van der Waals surface area contributed by atoms with E-state index >= 15 is 0 Å². The van der Waals surface area contributed by atoms with Crippen LogP contribution in [-0.2, 0) is 15.3 Å². The fraction of sp³-hybridized carbons (Fsp3) is 0.385. The summed E-state index contributed by atoms with van der Waals surface area (Å²) in [4.78, 5) is 12.2. The molecule has 0 bridgehead atoms. The molecule has 2 aromatic rings. The fourth-order valence-electron chi connectivity index (χ4n) is 1.57. The Kier molecular flexibility index (Phi) is 5.63. The molecule has 2 aromatic heterocycles. The molecule has 2 rings (SSSR count). The smallest absolute Gasteiger partial charge is 0.322 e. The molecule has 0 radical (unpaired) electrons. The normalized spacial score (nSPS) is 12.3. The van der Waals surface area contributed by atoms with Crippen molar-refractivity contribution in [2.24, 2.45) is 5.73 Å². The zero-order valence-electron chi connectivity index (χ0n) is 11.1. The standard InChI is InChI=1S/C13H16N2O3S2/c1-17-13(16)10(14)4-6-19-8-9-7-11(18-15-9)12-3-2-5-20-12/h2-3,5,7,10H,4,6,8,14H2,1H3. The van der Waals surface area contributed by atoms with Crippen LogP contribution < -0.4 is 5.73 Å². The summed E-state index contributed by atoms with van der Waals surface area (Å²) in [6.07, 6.45) is 0.590. The topological polar surface area (TPSA) is 78.4 Å². The molecule has 108 valence electrons. The first kappa shape index (κ1) is 15.1. The van der Waals surface area contributed by atoms with Crippen LogP contribution >= 0.6 is 23.1 Å².